The maximum absolute atomic E-state index is 14.5. The molecule has 1 fully saturated rings. The van der Waals surface area contributed by atoms with Crippen LogP contribution in [0.15, 0.2) is 71.9 Å². The Balaban J connectivity index is 1.26. The predicted octanol–water partition coefficient (Wildman–Crippen LogP) is 6.22. The summed E-state index contributed by atoms with van der Waals surface area (Å²) in [6, 6.07) is 18.0. The standard InChI is InChI=1S/C31H30FN5O2/c1-21-33-13-16-37(21)31-34-12-11-30(35-31)39-29-10-9-22(26-7-3-4-8-27(26)29)19-28(38)23-17-24(32)20-25(18-23)36-14-5-2-6-15-36/h3-4,7-12,17-18,20H,2,5-6,13-16,19H2,1H3. The molecule has 7 nitrogen and oxygen atoms in total. The minimum absolute atomic E-state index is 0.116. The summed E-state index contributed by atoms with van der Waals surface area (Å²) in [6.45, 7) is 5.19. The Morgan fingerprint density at radius 2 is 1.79 bits per heavy atom. The highest BCUT2D eigenvalue weighted by molar-refractivity contribution is 6.01. The number of Topliss-reactive ketones (excluding diaryl/α,β-unsaturated/α-hetero) is 1. The maximum atomic E-state index is 14.5. The van der Waals surface area contributed by atoms with E-state index in [2.05, 4.69) is 19.9 Å². The molecule has 6 rings (SSSR count). The maximum Gasteiger partial charge on any atom is 0.234 e. The fraction of sp³-hybridized carbons (Fsp3) is 0.290. The van der Waals surface area contributed by atoms with Gasteiger partial charge in [-0.3, -0.25) is 14.7 Å². The lowest BCUT2D eigenvalue weighted by molar-refractivity contribution is 0.0993. The van der Waals surface area contributed by atoms with E-state index in [4.69, 9.17) is 4.74 Å². The molecule has 1 aromatic heterocycles. The summed E-state index contributed by atoms with van der Waals surface area (Å²) >= 11 is 0. The summed E-state index contributed by atoms with van der Waals surface area (Å²) in [5.74, 6) is 2.00. The van der Waals surface area contributed by atoms with Crippen molar-refractivity contribution < 1.29 is 13.9 Å². The van der Waals surface area contributed by atoms with E-state index in [0.717, 1.165) is 66.9 Å². The number of nitrogens with zero attached hydrogens (tertiary/aromatic N) is 5. The zero-order valence-corrected chi connectivity index (χ0v) is 21.9. The van der Waals surface area contributed by atoms with Gasteiger partial charge in [-0.2, -0.15) is 4.98 Å². The van der Waals surface area contributed by atoms with Gasteiger partial charge in [-0.05, 0) is 61.4 Å². The number of halogens is 1. The Morgan fingerprint density at radius 1 is 0.974 bits per heavy atom. The minimum atomic E-state index is -0.380. The molecule has 0 amide bonds. The van der Waals surface area contributed by atoms with E-state index in [1.165, 1.54) is 18.6 Å². The quantitative estimate of drug-likeness (QED) is 0.268. The summed E-state index contributed by atoms with van der Waals surface area (Å²) in [5, 5.41) is 1.78. The number of benzene rings is 3. The molecule has 4 aromatic rings. The normalized spacial score (nSPS) is 15.5. The van der Waals surface area contributed by atoms with Gasteiger partial charge in [0.2, 0.25) is 11.8 Å². The van der Waals surface area contributed by atoms with Crippen LogP contribution in [0.2, 0.25) is 0 Å². The molecule has 0 aliphatic carbocycles. The van der Waals surface area contributed by atoms with Gasteiger partial charge in [-0.1, -0.05) is 30.3 Å². The minimum Gasteiger partial charge on any atom is -0.438 e. The highest BCUT2D eigenvalue weighted by Gasteiger charge is 2.19. The Kier molecular flexibility index (Phi) is 6.92. The van der Waals surface area contributed by atoms with E-state index < -0.39 is 0 Å². The fourth-order valence-electron chi connectivity index (χ4n) is 5.36. The van der Waals surface area contributed by atoms with E-state index >= 15 is 0 Å². The third kappa shape index (κ3) is 5.32. The lowest BCUT2D eigenvalue weighted by Gasteiger charge is -2.29. The second-order valence-electron chi connectivity index (χ2n) is 9.99. The monoisotopic (exact) mass is 523 g/mol. The molecule has 39 heavy (non-hydrogen) atoms. The number of ether oxygens (including phenoxy) is 1. The SMILES string of the molecule is CC1=NCCN1c1nccc(Oc2ccc(CC(=O)c3cc(F)cc(N4CCCCC4)c3)c3ccccc23)n1. The smallest absolute Gasteiger partial charge is 0.234 e. The van der Waals surface area contributed by atoms with Gasteiger partial charge in [0.05, 0.1) is 6.54 Å². The van der Waals surface area contributed by atoms with Crippen molar-refractivity contribution in [1.82, 2.24) is 9.97 Å². The first kappa shape index (κ1) is 25.0. The van der Waals surface area contributed by atoms with Crippen molar-refractivity contribution in [1.29, 1.82) is 0 Å². The lowest BCUT2D eigenvalue weighted by Crippen LogP contribution is -2.29. The van der Waals surface area contributed by atoms with Crippen molar-refractivity contribution in [3.8, 4) is 11.6 Å². The van der Waals surface area contributed by atoms with Crippen LogP contribution in [-0.4, -0.2) is 47.8 Å². The van der Waals surface area contributed by atoms with Gasteiger partial charge in [0, 0.05) is 55.0 Å². The van der Waals surface area contributed by atoms with E-state index in [1.54, 1.807) is 12.3 Å². The van der Waals surface area contributed by atoms with E-state index in [1.807, 2.05) is 54.3 Å². The molecule has 0 radical (unpaired) electrons. The first-order valence-electron chi connectivity index (χ1n) is 13.4. The Morgan fingerprint density at radius 3 is 2.59 bits per heavy atom. The summed E-state index contributed by atoms with van der Waals surface area (Å²) in [5.41, 5.74) is 2.04. The van der Waals surface area contributed by atoms with Gasteiger partial charge in [0.15, 0.2) is 5.78 Å². The van der Waals surface area contributed by atoms with E-state index in [0.29, 0.717) is 23.1 Å². The average molecular weight is 524 g/mol. The molecule has 3 heterocycles. The molecule has 8 heteroatoms. The van der Waals surface area contributed by atoms with Crippen LogP contribution in [0.5, 0.6) is 11.6 Å². The number of rotatable bonds is 7. The van der Waals surface area contributed by atoms with Crippen LogP contribution in [0, 0.1) is 5.82 Å². The molecule has 0 N–H and O–H groups in total. The molecule has 0 unspecified atom stereocenters. The number of hydrogen-bond donors (Lipinski definition) is 0. The third-order valence-corrected chi connectivity index (χ3v) is 7.38. The molecule has 0 atom stereocenters. The average Bonchev–Trinajstić information content (AvgIpc) is 3.40. The van der Waals surface area contributed by atoms with Gasteiger partial charge in [0.25, 0.3) is 0 Å². The van der Waals surface area contributed by atoms with Crippen LogP contribution in [-0.2, 0) is 6.42 Å². The van der Waals surface area contributed by atoms with Crippen molar-refractivity contribution in [3.63, 3.8) is 0 Å². The Labute approximate surface area is 227 Å². The van der Waals surface area contributed by atoms with Gasteiger partial charge in [-0.25, -0.2) is 9.37 Å². The largest absolute Gasteiger partial charge is 0.438 e. The summed E-state index contributed by atoms with van der Waals surface area (Å²) in [7, 11) is 0. The van der Waals surface area contributed by atoms with Crippen molar-refractivity contribution in [2.45, 2.75) is 32.6 Å². The van der Waals surface area contributed by atoms with E-state index in [9.17, 15) is 9.18 Å². The molecule has 2 aliphatic rings. The van der Waals surface area contributed by atoms with Crippen LogP contribution in [0.4, 0.5) is 16.0 Å². The number of hydrogen-bond acceptors (Lipinski definition) is 7. The molecule has 3 aromatic carbocycles. The van der Waals surface area contributed by atoms with Crippen LogP contribution >= 0.6 is 0 Å². The zero-order valence-electron chi connectivity index (χ0n) is 21.9. The van der Waals surface area contributed by atoms with Gasteiger partial charge < -0.3 is 9.64 Å². The number of ketones is 1. The molecule has 1 saturated heterocycles. The number of carbonyl (C=O) groups excluding carboxylic acids is 1. The molecule has 0 saturated carbocycles. The summed E-state index contributed by atoms with van der Waals surface area (Å²) in [4.78, 5) is 30.9. The van der Waals surface area contributed by atoms with Crippen LogP contribution in [0.25, 0.3) is 10.8 Å². The molecule has 198 valence electrons. The van der Waals surface area contributed by atoms with Crippen molar-refractivity contribution in [2.75, 3.05) is 36.0 Å². The number of fused-ring (bicyclic) bond motifs is 1. The summed E-state index contributed by atoms with van der Waals surface area (Å²) < 4.78 is 20.7. The fourth-order valence-corrected chi connectivity index (χ4v) is 5.36. The van der Waals surface area contributed by atoms with Crippen molar-refractivity contribution >= 4 is 34.0 Å². The zero-order chi connectivity index (χ0) is 26.8. The van der Waals surface area contributed by atoms with Gasteiger partial charge >= 0.3 is 0 Å². The number of piperidine rings is 1. The lowest BCUT2D eigenvalue weighted by atomic mass is 9.96. The highest BCUT2D eigenvalue weighted by Crippen LogP contribution is 2.33. The van der Waals surface area contributed by atoms with Crippen LogP contribution in [0.1, 0.15) is 42.1 Å². The summed E-state index contributed by atoms with van der Waals surface area (Å²) in [6.07, 6.45) is 5.20. The van der Waals surface area contributed by atoms with Crippen LogP contribution < -0.4 is 14.5 Å². The van der Waals surface area contributed by atoms with Crippen LogP contribution in [0.3, 0.4) is 0 Å². The number of carbonyl (C=O) groups is 1. The highest BCUT2D eigenvalue weighted by atomic mass is 19.1. The number of aromatic nitrogens is 2. The second-order valence-corrected chi connectivity index (χ2v) is 9.99. The molecule has 0 bridgehead atoms. The third-order valence-electron chi connectivity index (χ3n) is 7.38. The topological polar surface area (TPSA) is 70.9 Å². The number of amidine groups is 1. The number of anilines is 2. The molecular weight excluding hydrogens is 493 g/mol. The number of aliphatic imine (C=N–C) groups is 1. The molecule has 2 aliphatic heterocycles. The van der Waals surface area contributed by atoms with Gasteiger partial charge in [0.1, 0.15) is 17.4 Å². The molecule has 0 spiro atoms. The Bertz CT molecular complexity index is 1560. The van der Waals surface area contributed by atoms with Gasteiger partial charge in [-0.15, -0.1) is 0 Å². The Hall–Kier alpha value is -4.33. The van der Waals surface area contributed by atoms with E-state index in [-0.39, 0.29) is 18.0 Å². The first-order chi connectivity index (χ1) is 19.0. The molecular formula is C31H30FN5O2. The predicted molar refractivity (Wildman–Crippen MR) is 152 cm³/mol. The first-order valence-corrected chi connectivity index (χ1v) is 13.4. The van der Waals surface area contributed by atoms with Crippen molar-refractivity contribution in [2.24, 2.45) is 4.99 Å². The second kappa shape index (κ2) is 10.8. The van der Waals surface area contributed by atoms with Crippen molar-refractivity contribution in [3.05, 3.63) is 83.8 Å².